The van der Waals surface area contributed by atoms with Crippen LogP contribution in [0.2, 0.25) is 0 Å². The van der Waals surface area contributed by atoms with Gasteiger partial charge in [0.1, 0.15) is 5.75 Å². The minimum atomic E-state index is -0.0350. The Balaban J connectivity index is 1.33. The van der Waals surface area contributed by atoms with Gasteiger partial charge in [0.25, 0.3) is 5.91 Å². The largest absolute Gasteiger partial charge is 0.497 e. The van der Waals surface area contributed by atoms with Crippen molar-refractivity contribution in [3.05, 3.63) is 70.1 Å². The number of aryl methyl sites for hydroxylation is 1. The molecule has 1 aliphatic heterocycles. The number of amides is 2. The van der Waals surface area contributed by atoms with Crippen molar-refractivity contribution in [2.75, 3.05) is 20.7 Å². The summed E-state index contributed by atoms with van der Waals surface area (Å²) < 4.78 is 5.21. The van der Waals surface area contributed by atoms with E-state index in [4.69, 9.17) is 4.74 Å². The number of carbonyl (C=O) groups excluding carboxylic acids is 2. The predicted molar refractivity (Wildman–Crippen MR) is 134 cm³/mol. The van der Waals surface area contributed by atoms with E-state index in [-0.39, 0.29) is 23.8 Å². The SMILES string of the molecule is COc1ccc(/C=C2\SC3CCC(C(=O)NCCc4ccc(C)cc4)CC3N(C)C2=O)cc1. The number of ether oxygens (including phenoxy) is 1. The van der Waals surface area contributed by atoms with Gasteiger partial charge in [-0.3, -0.25) is 9.59 Å². The highest BCUT2D eigenvalue weighted by Gasteiger charge is 2.42. The van der Waals surface area contributed by atoms with Crippen LogP contribution in [0.1, 0.15) is 36.0 Å². The van der Waals surface area contributed by atoms with Crippen molar-refractivity contribution in [3.8, 4) is 5.75 Å². The number of hydrogen-bond acceptors (Lipinski definition) is 4. The van der Waals surface area contributed by atoms with Crippen LogP contribution in [0.5, 0.6) is 5.75 Å². The van der Waals surface area contributed by atoms with Gasteiger partial charge in [-0.2, -0.15) is 0 Å². The van der Waals surface area contributed by atoms with Gasteiger partial charge in [0.15, 0.2) is 0 Å². The molecule has 2 fully saturated rings. The van der Waals surface area contributed by atoms with Crippen LogP contribution in [0.4, 0.5) is 0 Å². The number of nitrogens with one attached hydrogen (secondary N) is 1. The summed E-state index contributed by atoms with van der Waals surface area (Å²) in [6.45, 7) is 2.72. The summed E-state index contributed by atoms with van der Waals surface area (Å²) in [4.78, 5) is 28.5. The molecule has 0 spiro atoms. The second-order valence-corrected chi connectivity index (χ2v) is 10.2. The van der Waals surface area contributed by atoms with Crippen molar-refractivity contribution in [1.29, 1.82) is 0 Å². The third kappa shape index (κ3) is 5.61. The molecule has 3 atom stereocenters. The molecule has 1 saturated carbocycles. The van der Waals surface area contributed by atoms with E-state index in [9.17, 15) is 9.59 Å². The van der Waals surface area contributed by atoms with Crippen LogP contribution in [0, 0.1) is 12.8 Å². The summed E-state index contributed by atoms with van der Waals surface area (Å²) in [5.74, 6) is 0.920. The highest BCUT2D eigenvalue weighted by atomic mass is 32.2. The van der Waals surface area contributed by atoms with Gasteiger partial charge in [-0.05, 0) is 61.9 Å². The Bertz CT molecular complexity index is 1020. The first-order valence-electron chi connectivity index (χ1n) is 11.6. The molecular weight excluding hydrogens is 432 g/mol. The lowest BCUT2D eigenvalue weighted by atomic mass is 9.83. The number of carbonyl (C=O) groups is 2. The van der Waals surface area contributed by atoms with Crippen molar-refractivity contribution >= 4 is 29.7 Å². The Labute approximate surface area is 200 Å². The zero-order valence-corrected chi connectivity index (χ0v) is 20.4. The number of benzene rings is 2. The quantitative estimate of drug-likeness (QED) is 0.642. The molecule has 1 saturated heterocycles. The van der Waals surface area contributed by atoms with Crippen molar-refractivity contribution in [1.82, 2.24) is 10.2 Å². The van der Waals surface area contributed by atoms with Gasteiger partial charge in [0, 0.05) is 30.8 Å². The minimum absolute atomic E-state index is 0.0350. The van der Waals surface area contributed by atoms with Gasteiger partial charge in [-0.25, -0.2) is 0 Å². The van der Waals surface area contributed by atoms with E-state index in [1.807, 2.05) is 42.3 Å². The zero-order valence-electron chi connectivity index (χ0n) is 19.5. The van der Waals surface area contributed by atoms with Crippen LogP contribution in [-0.2, 0) is 16.0 Å². The maximum absolute atomic E-state index is 13.0. The molecule has 2 aromatic carbocycles. The highest BCUT2D eigenvalue weighted by molar-refractivity contribution is 8.04. The van der Waals surface area contributed by atoms with Gasteiger partial charge < -0.3 is 15.0 Å². The lowest BCUT2D eigenvalue weighted by Crippen LogP contribution is -2.52. The van der Waals surface area contributed by atoms with Crippen LogP contribution >= 0.6 is 11.8 Å². The normalized spacial score (nSPS) is 23.8. The van der Waals surface area contributed by atoms with Crippen molar-refractivity contribution < 1.29 is 14.3 Å². The number of thioether (sulfide) groups is 1. The van der Waals surface area contributed by atoms with Gasteiger partial charge in [0.05, 0.1) is 12.0 Å². The maximum Gasteiger partial charge on any atom is 0.260 e. The molecule has 0 bridgehead atoms. The Kier molecular flexibility index (Phi) is 7.43. The Hall–Kier alpha value is -2.73. The van der Waals surface area contributed by atoms with Crippen molar-refractivity contribution in [2.45, 2.75) is 43.9 Å². The molecule has 33 heavy (non-hydrogen) atoms. The lowest BCUT2D eigenvalue weighted by Gasteiger charge is -2.44. The average Bonchev–Trinajstić information content (AvgIpc) is 2.84. The van der Waals surface area contributed by atoms with Crippen LogP contribution in [0.25, 0.3) is 6.08 Å². The van der Waals surface area contributed by atoms with Gasteiger partial charge in [-0.15, -0.1) is 11.8 Å². The molecule has 3 unspecified atom stereocenters. The first-order chi connectivity index (χ1) is 15.9. The summed E-state index contributed by atoms with van der Waals surface area (Å²) in [6, 6.07) is 16.3. The molecule has 2 aliphatic rings. The molecule has 5 nitrogen and oxygen atoms in total. The first kappa shape index (κ1) is 23.4. The maximum atomic E-state index is 13.0. The molecule has 0 radical (unpaired) electrons. The molecule has 2 amide bonds. The van der Waals surface area contributed by atoms with E-state index in [1.54, 1.807) is 18.9 Å². The Morgan fingerprint density at radius 1 is 1.15 bits per heavy atom. The van der Waals surface area contributed by atoms with E-state index in [0.717, 1.165) is 41.9 Å². The molecule has 174 valence electrons. The van der Waals surface area contributed by atoms with Crippen LogP contribution in [0.3, 0.4) is 0 Å². The zero-order chi connectivity index (χ0) is 23.4. The van der Waals surface area contributed by atoms with E-state index in [1.165, 1.54) is 11.1 Å². The van der Waals surface area contributed by atoms with E-state index < -0.39 is 0 Å². The molecule has 0 aromatic heterocycles. The highest BCUT2D eigenvalue weighted by Crippen LogP contribution is 2.43. The van der Waals surface area contributed by atoms with Crippen molar-refractivity contribution in [3.63, 3.8) is 0 Å². The van der Waals surface area contributed by atoms with Gasteiger partial charge in [-0.1, -0.05) is 42.0 Å². The molecule has 1 aliphatic carbocycles. The molecule has 6 heteroatoms. The third-order valence-electron chi connectivity index (χ3n) is 6.68. The van der Waals surface area contributed by atoms with E-state index in [0.29, 0.717) is 11.8 Å². The summed E-state index contributed by atoms with van der Waals surface area (Å²) in [5, 5.41) is 3.44. The second kappa shape index (κ2) is 10.5. The topological polar surface area (TPSA) is 58.6 Å². The molecule has 2 aromatic rings. The van der Waals surface area contributed by atoms with E-state index >= 15 is 0 Å². The summed E-state index contributed by atoms with van der Waals surface area (Å²) >= 11 is 1.67. The van der Waals surface area contributed by atoms with Crippen LogP contribution in [-0.4, -0.2) is 48.7 Å². The minimum Gasteiger partial charge on any atom is -0.497 e. The van der Waals surface area contributed by atoms with Crippen LogP contribution < -0.4 is 10.1 Å². The fourth-order valence-electron chi connectivity index (χ4n) is 4.62. The average molecular weight is 465 g/mol. The number of rotatable bonds is 6. The van der Waals surface area contributed by atoms with Crippen LogP contribution in [0.15, 0.2) is 53.4 Å². The standard InChI is InChI=1S/C27H32N2O3S/c1-18-4-6-19(7-5-18)14-15-28-26(30)21-10-13-24-23(17-21)29(2)27(31)25(33-24)16-20-8-11-22(32-3)12-9-20/h4-9,11-12,16,21,23-24H,10,13-15,17H2,1-3H3,(H,28,30)/b25-16-. The monoisotopic (exact) mass is 464 g/mol. The van der Waals surface area contributed by atoms with Gasteiger partial charge in [0.2, 0.25) is 5.91 Å². The van der Waals surface area contributed by atoms with E-state index in [2.05, 4.69) is 36.5 Å². The molecule has 1 N–H and O–H groups in total. The number of methoxy groups -OCH3 is 1. The predicted octanol–water partition coefficient (Wildman–Crippen LogP) is 4.45. The fourth-order valence-corrected chi connectivity index (χ4v) is 6.10. The summed E-state index contributed by atoms with van der Waals surface area (Å²) in [6.07, 6.45) is 5.32. The summed E-state index contributed by atoms with van der Waals surface area (Å²) in [5.41, 5.74) is 3.46. The van der Waals surface area contributed by atoms with Gasteiger partial charge >= 0.3 is 0 Å². The lowest BCUT2D eigenvalue weighted by molar-refractivity contribution is -0.131. The number of fused-ring (bicyclic) bond motifs is 1. The third-order valence-corrected chi connectivity index (χ3v) is 8.08. The number of hydrogen-bond donors (Lipinski definition) is 1. The van der Waals surface area contributed by atoms with Crippen molar-refractivity contribution in [2.24, 2.45) is 5.92 Å². The smallest absolute Gasteiger partial charge is 0.260 e. The first-order valence-corrected chi connectivity index (χ1v) is 12.5. The Morgan fingerprint density at radius 2 is 1.88 bits per heavy atom. The molecular formula is C27H32N2O3S. The number of likely N-dealkylation sites (N-methyl/N-ethyl adjacent to an activating group) is 1. The second-order valence-electron chi connectivity index (χ2n) is 8.96. The Morgan fingerprint density at radius 3 is 2.58 bits per heavy atom. The molecule has 1 heterocycles. The molecule has 4 rings (SSSR count). The fraction of sp³-hybridized carbons (Fsp3) is 0.407. The number of nitrogens with zero attached hydrogens (tertiary/aromatic N) is 1. The summed E-state index contributed by atoms with van der Waals surface area (Å²) in [7, 11) is 3.52.